The highest BCUT2D eigenvalue weighted by Gasteiger charge is 2.64. The molecule has 2 heterocycles. The number of hydrogen-bond donors (Lipinski definition) is 1. The topological polar surface area (TPSA) is 41.9 Å². The minimum atomic E-state index is -0.539. The summed E-state index contributed by atoms with van der Waals surface area (Å²) in [5, 5.41) is 10.6. The summed E-state index contributed by atoms with van der Waals surface area (Å²) >= 11 is 0. The van der Waals surface area contributed by atoms with Crippen molar-refractivity contribution in [2.75, 3.05) is 20.2 Å². The van der Waals surface area contributed by atoms with E-state index in [0.717, 1.165) is 30.9 Å². The van der Waals surface area contributed by atoms with Gasteiger partial charge in [0.2, 0.25) is 0 Å². The lowest BCUT2D eigenvalue weighted by Crippen LogP contribution is -2.64. The van der Waals surface area contributed by atoms with E-state index >= 15 is 0 Å². The Bertz CT molecular complexity index is 700. The van der Waals surface area contributed by atoms with Crippen molar-refractivity contribution >= 4 is 0 Å². The fourth-order valence-electron chi connectivity index (χ4n) is 5.50. The molecule has 1 aromatic rings. The normalized spacial score (nSPS) is 39.8. The van der Waals surface area contributed by atoms with E-state index in [1.165, 1.54) is 11.1 Å². The molecule has 0 saturated carbocycles. The molecule has 4 heteroatoms. The number of ether oxygens (including phenoxy) is 2. The van der Waals surface area contributed by atoms with Gasteiger partial charge >= 0.3 is 0 Å². The monoisotopic (exact) mass is 313 g/mol. The molecule has 23 heavy (non-hydrogen) atoms. The van der Waals surface area contributed by atoms with Crippen molar-refractivity contribution in [3.05, 3.63) is 35.4 Å². The van der Waals surface area contributed by atoms with Crippen molar-refractivity contribution in [3.63, 3.8) is 0 Å². The van der Waals surface area contributed by atoms with Crippen LogP contribution in [0.5, 0.6) is 11.5 Å². The van der Waals surface area contributed by atoms with Gasteiger partial charge in [-0.25, -0.2) is 0 Å². The van der Waals surface area contributed by atoms with Crippen molar-refractivity contribution < 1.29 is 14.6 Å². The molecule has 2 aliphatic carbocycles. The fraction of sp³-hybridized carbons (Fsp3) is 0.579. The van der Waals surface area contributed by atoms with E-state index in [1.54, 1.807) is 0 Å². The third-order valence-corrected chi connectivity index (χ3v) is 6.43. The van der Waals surface area contributed by atoms with Crippen LogP contribution in [-0.4, -0.2) is 48.5 Å². The Morgan fingerprint density at radius 3 is 3.09 bits per heavy atom. The molecule has 1 fully saturated rings. The highest BCUT2D eigenvalue weighted by molar-refractivity contribution is 5.62. The van der Waals surface area contributed by atoms with Crippen molar-refractivity contribution in [3.8, 4) is 11.5 Å². The van der Waals surface area contributed by atoms with Crippen LogP contribution in [0.1, 0.15) is 24.5 Å². The van der Waals surface area contributed by atoms with Gasteiger partial charge in [0.1, 0.15) is 12.2 Å². The summed E-state index contributed by atoms with van der Waals surface area (Å²) in [6.45, 7) is 3.68. The number of hydrogen-bond acceptors (Lipinski definition) is 4. The summed E-state index contributed by atoms with van der Waals surface area (Å²) < 4.78 is 12.2. The standard InChI is InChI=1S/C19H23NO3/c1-3-22-15-7-4-11-10-13-12-5-6-14(21)18-19(12,8-9-20(13)2)16(11)17(15)23-18/h4-7,12-14,18,21H,3,8-10H2,1-2H3/t12-,13+,14-,18-,19-/m0/s1. The average Bonchev–Trinajstić information content (AvgIpc) is 2.90. The van der Waals surface area contributed by atoms with Gasteiger partial charge in [-0.2, -0.15) is 0 Å². The maximum atomic E-state index is 10.6. The summed E-state index contributed by atoms with van der Waals surface area (Å²) in [7, 11) is 2.22. The molecular weight excluding hydrogens is 290 g/mol. The third-order valence-electron chi connectivity index (χ3n) is 6.43. The zero-order valence-electron chi connectivity index (χ0n) is 13.7. The minimum Gasteiger partial charge on any atom is -0.490 e. The third kappa shape index (κ3) is 1.54. The van der Waals surface area contributed by atoms with Gasteiger partial charge in [0.15, 0.2) is 11.5 Å². The lowest BCUT2D eigenvalue weighted by Gasteiger charge is -2.56. The Morgan fingerprint density at radius 2 is 2.26 bits per heavy atom. The lowest BCUT2D eigenvalue weighted by atomic mass is 9.53. The Labute approximate surface area is 136 Å². The SMILES string of the molecule is CCOc1ccc2c3c1O[C@H]1[C@@H](O)C=C[C@H]4[C@@H](C2)N(C)CC[C@@]341. The van der Waals surface area contributed by atoms with E-state index in [0.29, 0.717) is 18.6 Å². The van der Waals surface area contributed by atoms with E-state index in [2.05, 4.69) is 24.1 Å². The first-order valence-electron chi connectivity index (χ1n) is 8.69. The molecule has 0 radical (unpaired) electrons. The first kappa shape index (κ1) is 13.9. The van der Waals surface area contributed by atoms with Crippen LogP contribution in [0.3, 0.4) is 0 Å². The van der Waals surface area contributed by atoms with Crippen LogP contribution in [0.25, 0.3) is 0 Å². The quantitative estimate of drug-likeness (QED) is 0.847. The summed E-state index contributed by atoms with van der Waals surface area (Å²) in [4.78, 5) is 2.48. The molecule has 1 aromatic carbocycles. The predicted octanol–water partition coefficient (Wildman–Crippen LogP) is 1.89. The first-order valence-corrected chi connectivity index (χ1v) is 8.69. The molecule has 4 aliphatic rings. The fourth-order valence-corrected chi connectivity index (χ4v) is 5.50. The van der Waals surface area contributed by atoms with Crippen LogP contribution in [-0.2, 0) is 11.8 Å². The van der Waals surface area contributed by atoms with Gasteiger partial charge in [-0.15, -0.1) is 0 Å². The van der Waals surface area contributed by atoms with Crippen molar-refractivity contribution in [2.24, 2.45) is 5.92 Å². The van der Waals surface area contributed by atoms with Gasteiger partial charge in [-0.05, 0) is 45.0 Å². The van der Waals surface area contributed by atoms with Crippen LogP contribution >= 0.6 is 0 Å². The van der Waals surface area contributed by atoms with Crippen molar-refractivity contribution in [1.29, 1.82) is 0 Å². The summed E-state index contributed by atoms with van der Waals surface area (Å²) in [6, 6.07) is 4.75. The summed E-state index contributed by atoms with van der Waals surface area (Å²) in [5.41, 5.74) is 2.62. The molecule has 4 nitrogen and oxygen atoms in total. The van der Waals surface area contributed by atoms with Crippen LogP contribution in [0.15, 0.2) is 24.3 Å². The molecule has 2 bridgehead atoms. The number of rotatable bonds is 2. The van der Waals surface area contributed by atoms with E-state index in [1.807, 2.05) is 19.1 Å². The highest BCUT2D eigenvalue weighted by atomic mass is 16.5. The number of benzene rings is 1. The second-order valence-corrected chi connectivity index (χ2v) is 7.34. The van der Waals surface area contributed by atoms with Gasteiger partial charge in [-0.1, -0.05) is 18.2 Å². The Balaban J connectivity index is 1.78. The molecule has 2 aliphatic heterocycles. The average molecular weight is 313 g/mol. The summed E-state index contributed by atoms with van der Waals surface area (Å²) in [5.74, 6) is 2.14. The zero-order chi connectivity index (χ0) is 15.8. The molecule has 5 rings (SSSR count). The minimum absolute atomic E-state index is 0.0820. The van der Waals surface area contributed by atoms with E-state index in [4.69, 9.17) is 9.47 Å². The predicted molar refractivity (Wildman–Crippen MR) is 87.1 cm³/mol. The van der Waals surface area contributed by atoms with Crippen molar-refractivity contribution in [1.82, 2.24) is 4.90 Å². The van der Waals surface area contributed by atoms with Gasteiger partial charge < -0.3 is 19.5 Å². The molecule has 0 unspecified atom stereocenters. The van der Waals surface area contributed by atoms with E-state index in [9.17, 15) is 5.11 Å². The maximum Gasteiger partial charge on any atom is 0.165 e. The number of aliphatic hydroxyl groups is 1. The summed E-state index contributed by atoms with van der Waals surface area (Å²) in [6.07, 6.45) is 5.56. The number of nitrogens with zero attached hydrogens (tertiary/aromatic N) is 1. The second-order valence-electron chi connectivity index (χ2n) is 7.34. The lowest BCUT2D eigenvalue weighted by molar-refractivity contribution is -0.0453. The number of likely N-dealkylation sites (tertiary alicyclic amines) is 1. The van der Waals surface area contributed by atoms with Gasteiger partial charge in [0, 0.05) is 22.9 Å². The molecule has 5 atom stereocenters. The molecule has 1 spiro atoms. The Kier molecular flexibility index (Phi) is 2.73. The Morgan fingerprint density at radius 1 is 1.39 bits per heavy atom. The van der Waals surface area contributed by atoms with Gasteiger partial charge in [0.25, 0.3) is 0 Å². The van der Waals surface area contributed by atoms with Gasteiger partial charge in [-0.3, -0.25) is 0 Å². The molecule has 1 saturated heterocycles. The van der Waals surface area contributed by atoms with Crippen LogP contribution < -0.4 is 9.47 Å². The number of piperidine rings is 1. The smallest absolute Gasteiger partial charge is 0.165 e. The Hall–Kier alpha value is -1.52. The number of likely N-dealkylation sites (N-methyl/N-ethyl adjacent to an activating group) is 1. The largest absolute Gasteiger partial charge is 0.490 e. The molecule has 0 amide bonds. The van der Waals surface area contributed by atoms with Crippen LogP contribution in [0, 0.1) is 5.92 Å². The van der Waals surface area contributed by atoms with Crippen LogP contribution in [0.4, 0.5) is 0 Å². The van der Waals surface area contributed by atoms with Gasteiger partial charge in [0.05, 0.1) is 6.61 Å². The first-order chi connectivity index (χ1) is 11.2. The van der Waals surface area contributed by atoms with Crippen molar-refractivity contribution in [2.45, 2.75) is 43.4 Å². The molecular formula is C19H23NO3. The molecule has 122 valence electrons. The van der Waals surface area contributed by atoms with Crippen LogP contribution in [0.2, 0.25) is 0 Å². The number of aliphatic hydroxyl groups excluding tert-OH is 1. The van der Waals surface area contributed by atoms with E-state index < -0.39 is 6.10 Å². The molecule has 1 N–H and O–H groups in total. The highest BCUT2D eigenvalue weighted by Crippen LogP contribution is 2.62. The zero-order valence-corrected chi connectivity index (χ0v) is 13.7. The van der Waals surface area contributed by atoms with E-state index in [-0.39, 0.29) is 11.5 Å². The maximum absolute atomic E-state index is 10.6. The molecule has 0 aromatic heterocycles. The second kappa shape index (κ2) is 4.52.